The van der Waals surface area contributed by atoms with Crippen molar-refractivity contribution in [2.45, 2.75) is 45.4 Å². The normalized spacial score (nSPS) is 26.0. The fourth-order valence-electron chi connectivity index (χ4n) is 3.47. The van der Waals surface area contributed by atoms with Crippen molar-refractivity contribution in [2.24, 2.45) is 11.8 Å². The molecule has 3 atom stereocenters. The van der Waals surface area contributed by atoms with E-state index in [-0.39, 0.29) is 11.8 Å². The van der Waals surface area contributed by atoms with E-state index in [0.29, 0.717) is 11.5 Å². The van der Waals surface area contributed by atoms with Crippen LogP contribution in [0.4, 0.5) is 13.2 Å². The molecular weight excluding hydrogens is 275 g/mol. The van der Waals surface area contributed by atoms with E-state index in [0.717, 1.165) is 44.8 Å². The number of benzene rings is 1. The molecule has 4 heteroatoms. The lowest BCUT2D eigenvalue weighted by atomic mass is 9.70. The zero-order chi connectivity index (χ0) is 15.4. The lowest BCUT2D eigenvalue weighted by molar-refractivity contribution is 0.221. The Labute approximate surface area is 124 Å². The minimum Gasteiger partial charge on any atom is -0.317 e. The molecule has 0 spiro atoms. The molecule has 1 nitrogen and oxygen atoms in total. The SMILES string of the molecule is CCNCC1CCC(CC)CC1c1ccc(F)c(F)c1F. The quantitative estimate of drug-likeness (QED) is 0.782. The maximum Gasteiger partial charge on any atom is 0.194 e. The molecule has 1 fully saturated rings. The van der Waals surface area contributed by atoms with E-state index in [4.69, 9.17) is 0 Å². The maximum atomic E-state index is 14.1. The zero-order valence-electron chi connectivity index (χ0n) is 12.8. The summed E-state index contributed by atoms with van der Waals surface area (Å²) in [4.78, 5) is 0. The van der Waals surface area contributed by atoms with Gasteiger partial charge in [-0.3, -0.25) is 0 Å². The molecule has 1 N–H and O–H groups in total. The van der Waals surface area contributed by atoms with E-state index in [1.807, 2.05) is 6.92 Å². The number of nitrogens with one attached hydrogen (secondary N) is 1. The average molecular weight is 299 g/mol. The van der Waals surface area contributed by atoms with Gasteiger partial charge < -0.3 is 5.32 Å². The van der Waals surface area contributed by atoms with Crippen LogP contribution in [0.5, 0.6) is 0 Å². The first-order valence-corrected chi connectivity index (χ1v) is 7.92. The average Bonchev–Trinajstić information content (AvgIpc) is 2.51. The van der Waals surface area contributed by atoms with Gasteiger partial charge in [-0.05, 0) is 55.3 Å². The number of hydrogen-bond donors (Lipinski definition) is 1. The summed E-state index contributed by atoms with van der Waals surface area (Å²) in [5.41, 5.74) is 0.343. The Balaban J connectivity index is 2.28. The van der Waals surface area contributed by atoms with E-state index in [1.54, 1.807) is 0 Å². The Bertz CT molecular complexity index is 475. The van der Waals surface area contributed by atoms with E-state index < -0.39 is 17.5 Å². The third-order valence-corrected chi connectivity index (χ3v) is 4.80. The van der Waals surface area contributed by atoms with Crippen LogP contribution in [0.2, 0.25) is 0 Å². The minimum atomic E-state index is -1.34. The van der Waals surface area contributed by atoms with Gasteiger partial charge in [0.25, 0.3) is 0 Å². The van der Waals surface area contributed by atoms with E-state index in [9.17, 15) is 13.2 Å². The molecule has 1 aliphatic rings. The van der Waals surface area contributed by atoms with E-state index in [1.165, 1.54) is 6.07 Å². The molecule has 1 saturated carbocycles. The van der Waals surface area contributed by atoms with Gasteiger partial charge in [0, 0.05) is 0 Å². The van der Waals surface area contributed by atoms with Crippen molar-refractivity contribution in [3.63, 3.8) is 0 Å². The monoisotopic (exact) mass is 299 g/mol. The van der Waals surface area contributed by atoms with Crippen molar-refractivity contribution >= 4 is 0 Å². The first-order valence-electron chi connectivity index (χ1n) is 7.92. The highest BCUT2D eigenvalue weighted by molar-refractivity contribution is 5.25. The van der Waals surface area contributed by atoms with Crippen molar-refractivity contribution in [1.82, 2.24) is 5.32 Å². The summed E-state index contributed by atoms with van der Waals surface area (Å²) in [5, 5.41) is 3.31. The van der Waals surface area contributed by atoms with Gasteiger partial charge in [0.1, 0.15) is 0 Å². The fraction of sp³-hybridized carbons (Fsp3) is 0.647. The Hall–Kier alpha value is -1.03. The van der Waals surface area contributed by atoms with Gasteiger partial charge in [-0.15, -0.1) is 0 Å². The van der Waals surface area contributed by atoms with Crippen LogP contribution in [0, 0.1) is 29.3 Å². The van der Waals surface area contributed by atoms with E-state index >= 15 is 0 Å². The third-order valence-electron chi connectivity index (χ3n) is 4.80. The molecule has 0 aromatic heterocycles. The second-order valence-corrected chi connectivity index (χ2v) is 6.03. The summed E-state index contributed by atoms with van der Waals surface area (Å²) in [7, 11) is 0. The maximum absolute atomic E-state index is 14.1. The fourth-order valence-corrected chi connectivity index (χ4v) is 3.47. The van der Waals surface area contributed by atoms with E-state index in [2.05, 4.69) is 12.2 Å². The predicted molar refractivity (Wildman–Crippen MR) is 78.7 cm³/mol. The van der Waals surface area contributed by atoms with Crippen LogP contribution in [-0.4, -0.2) is 13.1 Å². The Morgan fingerprint density at radius 2 is 1.86 bits per heavy atom. The molecule has 118 valence electrons. The van der Waals surface area contributed by atoms with Gasteiger partial charge in [0.05, 0.1) is 0 Å². The second-order valence-electron chi connectivity index (χ2n) is 6.03. The molecule has 0 aliphatic heterocycles. The second kappa shape index (κ2) is 7.30. The molecular formula is C17H24F3N. The molecule has 0 amide bonds. The zero-order valence-corrected chi connectivity index (χ0v) is 12.8. The van der Waals surface area contributed by atoms with Crippen LogP contribution in [0.25, 0.3) is 0 Å². The molecule has 0 saturated heterocycles. The summed E-state index contributed by atoms with van der Waals surface area (Å²) in [6.45, 7) is 5.83. The Kier molecular flexibility index (Phi) is 5.68. The van der Waals surface area contributed by atoms with Crippen molar-refractivity contribution < 1.29 is 13.2 Å². The highest BCUT2D eigenvalue weighted by Gasteiger charge is 2.33. The van der Waals surface area contributed by atoms with Crippen LogP contribution in [0.3, 0.4) is 0 Å². The summed E-state index contributed by atoms with van der Waals surface area (Å²) in [6, 6.07) is 2.48. The first-order chi connectivity index (χ1) is 10.1. The molecule has 0 radical (unpaired) electrons. The molecule has 1 aromatic carbocycles. The molecule has 2 rings (SSSR count). The van der Waals surface area contributed by atoms with Gasteiger partial charge in [-0.1, -0.05) is 32.8 Å². The van der Waals surface area contributed by atoms with Gasteiger partial charge in [0.15, 0.2) is 17.5 Å². The molecule has 3 unspecified atom stereocenters. The lowest BCUT2D eigenvalue weighted by Crippen LogP contribution is -2.32. The number of halogens is 3. The predicted octanol–water partition coefficient (Wildman–Crippen LogP) is 4.62. The number of hydrogen-bond acceptors (Lipinski definition) is 1. The van der Waals surface area contributed by atoms with Crippen molar-refractivity contribution in [2.75, 3.05) is 13.1 Å². The topological polar surface area (TPSA) is 12.0 Å². The first kappa shape index (κ1) is 16.3. The van der Waals surface area contributed by atoms with Crippen molar-refractivity contribution in [1.29, 1.82) is 0 Å². The summed E-state index contributed by atoms with van der Waals surface area (Å²) < 4.78 is 40.8. The van der Waals surface area contributed by atoms with Gasteiger partial charge in [-0.25, -0.2) is 13.2 Å². The largest absolute Gasteiger partial charge is 0.317 e. The lowest BCUT2D eigenvalue weighted by Gasteiger charge is -2.36. The Morgan fingerprint density at radius 1 is 1.10 bits per heavy atom. The van der Waals surface area contributed by atoms with Gasteiger partial charge in [-0.2, -0.15) is 0 Å². The molecule has 1 aromatic rings. The standard InChI is InChI=1S/C17H24F3N/c1-3-11-5-6-12(10-21-4-2)14(9-11)13-7-8-15(18)17(20)16(13)19/h7-8,11-12,14,21H,3-6,9-10H2,1-2H3. The van der Waals surface area contributed by atoms with Crippen LogP contribution >= 0.6 is 0 Å². The summed E-state index contributed by atoms with van der Waals surface area (Å²) >= 11 is 0. The molecule has 0 bridgehead atoms. The van der Waals surface area contributed by atoms with Crippen LogP contribution in [0.1, 0.15) is 51.0 Å². The highest BCUT2D eigenvalue weighted by Crippen LogP contribution is 2.42. The summed E-state index contributed by atoms with van der Waals surface area (Å²) in [6.07, 6.45) is 4.05. The van der Waals surface area contributed by atoms with Gasteiger partial charge >= 0.3 is 0 Å². The van der Waals surface area contributed by atoms with Gasteiger partial charge in [0.2, 0.25) is 0 Å². The molecule has 1 aliphatic carbocycles. The Morgan fingerprint density at radius 3 is 2.52 bits per heavy atom. The van der Waals surface area contributed by atoms with Crippen molar-refractivity contribution in [3.8, 4) is 0 Å². The highest BCUT2D eigenvalue weighted by atomic mass is 19.2. The third kappa shape index (κ3) is 3.60. The van der Waals surface area contributed by atoms with Crippen LogP contribution in [0.15, 0.2) is 12.1 Å². The van der Waals surface area contributed by atoms with Crippen molar-refractivity contribution in [3.05, 3.63) is 35.1 Å². The van der Waals surface area contributed by atoms with Crippen LogP contribution < -0.4 is 5.32 Å². The smallest absolute Gasteiger partial charge is 0.194 e. The molecule has 21 heavy (non-hydrogen) atoms. The number of rotatable bonds is 5. The minimum absolute atomic E-state index is 0.0298. The van der Waals surface area contributed by atoms with Crippen LogP contribution in [-0.2, 0) is 0 Å². The molecule has 0 heterocycles. The summed E-state index contributed by atoms with van der Waals surface area (Å²) in [5.74, 6) is -2.65.